The number of H-pyrrole nitrogens is 1. The summed E-state index contributed by atoms with van der Waals surface area (Å²) in [7, 11) is 0. The van der Waals surface area contributed by atoms with Crippen LogP contribution in [0.1, 0.15) is 44.2 Å². The monoisotopic (exact) mass is 446 g/mol. The molecular formula is C25H34N8. The van der Waals surface area contributed by atoms with Gasteiger partial charge in [0.05, 0.1) is 5.52 Å². The SMILES string of the molecule is Cc1cc(Nc2cc3ncccc3c(NC3CC4CC[C@@H](C3)N4CC3CCNCC3)n2)n[nH]1. The van der Waals surface area contributed by atoms with Crippen LogP contribution in [0.4, 0.5) is 17.5 Å². The highest BCUT2D eigenvalue weighted by molar-refractivity contribution is 5.91. The number of pyridine rings is 2. The minimum atomic E-state index is 0.450. The van der Waals surface area contributed by atoms with E-state index in [9.17, 15) is 0 Å². The summed E-state index contributed by atoms with van der Waals surface area (Å²) in [4.78, 5) is 12.4. The molecule has 3 aromatic heterocycles. The van der Waals surface area contributed by atoms with Gasteiger partial charge < -0.3 is 16.0 Å². The Morgan fingerprint density at radius 2 is 1.88 bits per heavy atom. The van der Waals surface area contributed by atoms with Crippen molar-refractivity contribution in [2.24, 2.45) is 5.92 Å². The molecule has 2 bridgehead atoms. The lowest BCUT2D eigenvalue weighted by molar-refractivity contribution is 0.102. The molecule has 3 atom stereocenters. The molecule has 4 N–H and O–H groups in total. The summed E-state index contributed by atoms with van der Waals surface area (Å²) in [6.07, 6.45) is 9.56. The Bertz CT molecular complexity index is 1090. The molecule has 6 heterocycles. The van der Waals surface area contributed by atoms with Gasteiger partial charge in [-0.1, -0.05) is 0 Å². The van der Waals surface area contributed by atoms with Gasteiger partial charge in [0.15, 0.2) is 5.82 Å². The second-order valence-corrected chi connectivity index (χ2v) is 10.1. The van der Waals surface area contributed by atoms with E-state index >= 15 is 0 Å². The molecule has 0 saturated carbocycles. The highest BCUT2D eigenvalue weighted by Gasteiger charge is 2.41. The fraction of sp³-hybridized carbons (Fsp3) is 0.560. The van der Waals surface area contributed by atoms with Crippen molar-refractivity contribution in [1.29, 1.82) is 0 Å². The molecule has 0 amide bonds. The predicted octanol–water partition coefficient (Wildman–Crippen LogP) is 3.81. The number of hydrogen-bond donors (Lipinski definition) is 4. The molecule has 0 aliphatic carbocycles. The van der Waals surface area contributed by atoms with E-state index in [1.165, 1.54) is 58.2 Å². The van der Waals surface area contributed by atoms with Gasteiger partial charge in [-0.05, 0) is 76.6 Å². The van der Waals surface area contributed by atoms with Crippen LogP contribution in [0.5, 0.6) is 0 Å². The summed E-state index contributed by atoms with van der Waals surface area (Å²) in [5.74, 6) is 3.32. The quantitative estimate of drug-likeness (QED) is 0.457. The van der Waals surface area contributed by atoms with Crippen molar-refractivity contribution >= 4 is 28.4 Å². The summed E-state index contributed by atoms with van der Waals surface area (Å²) in [5.41, 5.74) is 1.96. The first-order chi connectivity index (χ1) is 16.2. The third kappa shape index (κ3) is 4.42. The molecule has 8 nitrogen and oxygen atoms in total. The van der Waals surface area contributed by atoms with E-state index in [-0.39, 0.29) is 0 Å². The Labute approximate surface area is 195 Å². The maximum absolute atomic E-state index is 4.95. The molecule has 6 rings (SSSR count). The molecule has 0 radical (unpaired) electrons. The topological polar surface area (TPSA) is 93.8 Å². The normalized spacial score (nSPS) is 26.0. The van der Waals surface area contributed by atoms with Crippen molar-refractivity contribution in [3.63, 3.8) is 0 Å². The van der Waals surface area contributed by atoms with E-state index in [1.807, 2.05) is 31.3 Å². The number of anilines is 3. The van der Waals surface area contributed by atoms with Gasteiger partial charge in [0.1, 0.15) is 11.6 Å². The highest BCUT2D eigenvalue weighted by Crippen LogP contribution is 2.38. The molecular weight excluding hydrogens is 412 g/mol. The van der Waals surface area contributed by atoms with Gasteiger partial charge in [-0.3, -0.25) is 15.0 Å². The van der Waals surface area contributed by atoms with Crippen LogP contribution in [0.2, 0.25) is 0 Å². The van der Waals surface area contributed by atoms with Crippen molar-refractivity contribution in [1.82, 2.24) is 30.4 Å². The van der Waals surface area contributed by atoms with Crippen molar-refractivity contribution in [3.8, 4) is 0 Å². The van der Waals surface area contributed by atoms with Gasteiger partial charge >= 0.3 is 0 Å². The Kier molecular flexibility index (Phi) is 5.63. The van der Waals surface area contributed by atoms with Crippen LogP contribution in [0.15, 0.2) is 30.5 Å². The number of aromatic amines is 1. The molecule has 3 fully saturated rings. The first-order valence-electron chi connectivity index (χ1n) is 12.5. The average Bonchev–Trinajstić information content (AvgIpc) is 3.33. The van der Waals surface area contributed by atoms with Crippen LogP contribution in [-0.2, 0) is 0 Å². The zero-order valence-electron chi connectivity index (χ0n) is 19.3. The van der Waals surface area contributed by atoms with Gasteiger partial charge in [-0.25, -0.2) is 4.98 Å². The molecule has 2 unspecified atom stereocenters. The molecule has 0 spiro atoms. The summed E-state index contributed by atoms with van der Waals surface area (Å²) < 4.78 is 0. The number of aryl methyl sites for hydroxylation is 1. The van der Waals surface area contributed by atoms with Crippen molar-refractivity contribution in [2.75, 3.05) is 30.3 Å². The highest BCUT2D eigenvalue weighted by atomic mass is 15.2. The van der Waals surface area contributed by atoms with Crippen LogP contribution in [0.25, 0.3) is 10.9 Å². The van der Waals surface area contributed by atoms with Gasteiger partial charge in [-0.15, -0.1) is 0 Å². The minimum absolute atomic E-state index is 0.450. The largest absolute Gasteiger partial charge is 0.367 e. The molecule has 3 aromatic rings. The predicted molar refractivity (Wildman–Crippen MR) is 132 cm³/mol. The summed E-state index contributed by atoms with van der Waals surface area (Å²) >= 11 is 0. The molecule has 174 valence electrons. The smallest absolute Gasteiger partial charge is 0.153 e. The molecule has 8 heteroatoms. The Morgan fingerprint density at radius 3 is 2.64 bits per heavy atom. The molecule has 3 aliphatic heterocycles. The zero-order chi connectivity index (χ0) is 22.2. The summed E-state index contributed by atoms with van der Waals surface area (Å²) in [6, 6.07) is 9.93. The molecule has 0 aromatic carbocycles. The standard InChI is InChI=1S/C25H34N8/c1-16-11-24(32-31-16)29-23-14-22-21(3-2-8-27-22)25(30-23)28-18-12-19-4-5-20(13-18)33(19)15-17-6-9-26-10-7-17/h2-3,8,11,14,17-20,26H,4-7,9-10,12-13,15H2,1H3,(H3,28,29,30,31,32)/t18?,19-,20?/m0/s1. The number of piperidine rings is 2. The van der Waals surface area contributed by atoms with Crippen LogP contribution in [0.3, 0.4) is 0 Å². The van der Waals surface area contributed by atoms with E-state index in [1.54, 1.807) is 0 Å². The van der Waals surface area contributed by atoms with E-state index < -0.39 is 0 Å². The third-order valence-corrected chi connectivity index (χ3v) is 7.71. The number of aromatic nitrogens is 4. The van der Waals surface area contributed by atoms with E-state index in [0.29, 0.717) is 18.1 Å². The summed E-state index contributed by atoms with van der Waals surface area (Å²) in [5, 5.41) is 19.0. The van der Waals surface area contributed by atoms with Crippen LogP contribution >= 0.6 is 0 Å². The fourth-order valence-electron chi connectivity index (χ4n) is 6.11. The third-order valence-electron chi connectivity index (χ3n) is 7.71. The average molecular weight is 447 g/mol. The maximum Gasteiger partial charge on any atom is 0.153 e. The first-order valence-corrected chi connectivity index (χ1v) is 12.5. The van der Waals surface area contributed by atoms with Crippen molar-refractivity contribution in [2.45, 2.75) is 63.6 Å². The lowest BCUT2D eigenvalue weighted by Crippen LogP contribution is -2.49. The van der Waals surface area contributed by atoms with Gasteiger partial charge in [0.25, 0.3) is 0 Å². The summed E-state index contributed by atoms with van der Waals surface area (Å²) in [6.45, 7) is 5.66. The van der Waals surface area contributed by atoms with Crippen molar-refractivity contribution in [3.05, 3.63) is 36.2 Å². The number of nitrogens with one attached hydrogen (secondary N) is 4. The van der Waals surface area contributed by atoms with Gasteiger partial charge in [0.2, 0.25) is 0 Å². The second-order valence-electron chi connectivity index (χ2n) is 10.1. The lowest BCUT2D eigenvalue weighted by atomic mass is 9.92. The fourth-order valence-corrected chi connectivity index (χ4v) is 6.11. The van der Waals surface area contributed by atoms with E-state index in [4.69, 9.17) is 4.98 Å². The Morgan fingerprint density at radius 1 is 1.06 bits per heavy atom. The number of hydrogen-bond acceptors (Lipinski definition) is 7. The van der Waals surface area contributed by atoms with Gasteiger partial charge in [-0.2, -0.15) is 5.10 Å². The van der Waals surface area contributed by atoms with Crippen LogP contribution in [0, 0.1) is 12.8 Å². The number of rotatable bonds is 6. The van der Waals surface area contributed by atoms with E-state index in [0.717, 1.165) is 40.0 Å². The van der Waals surface area contributed by atoms with Gasteiger partial charge in [0, 0.05) is 54.1 Å². The first kappa shape index (κ1) is 20.9. The number of nitrogens with zero attached hydrogens (tertiary/aromatic N) is 4. The van der Waals surface area contributed by atoms with Crippen LogP contribution in [-0.4, -0.2) is 62.8 Å². The lowest BCUT2D eigenvalue weighted by Gasteiger charge is -2.41. The minimum Gasteiger partial charge on any atom is -0.367 e. The number of fused-ring (bicyclic) bond motifs is 3. The second kappa shape index (κ2) is 8.91. The Balaban J connectivity index is 1.19. The molecule has 3 saturated heterocycles. The zero-order valence-corrected chi connectivity index (χ0v) is 19.3. The molecule has 3 aliphatic rings. The molecule has 33 heavy (non-hydrogen) atoms. The van der Waals surface area contributed by atoms with Crippen LogP contribution < -0.4 is 16.0 Å². The Hall–Kier alpha value is -2.71. The van der Waals surface area contributed by atoms with Crippen molar-refractivity contribution < 1.29 is 0 Å². The van der Waals surface area contributed by atoms with E-state index in [2.05, 4.69) is 42.1 Å². The maximum atomic E-state index is 4.95.